The molecule has 5 rings (SSSR count). The maximum absolute atomic E-state index is 12.4. The molecule has 9 nitrogen and oxygen atoms in total. The summed E-state index contributed by atoms with van der Waals surface area (Å²) in [5, 5.41) is 11.7. The molecule has 0 aliphatic carbocycles. The third kappa shape index (κ3) is 4.75. The number of rotatable bonds is 4. The summed E-state index contributed by atoms with van der Waals surface area (Å²) in [5.74, 6) is 0.468. The van der Waals surface area contributed by atoms with E-state index in [9.17, 15) is 9.90 Å². The van der Waals surface area contributed by atoms with Crippen LogP contribution >= 0.6 is 11.6 Å². The lowest BCUT2D eigenvalue weighted by atomic mass is 10.0. The van der Waals surface area contributed by atoms with Gasteiger partial charge < -0.3 is 20.3 Å². The lowest BCUT2D eigenvalue weighted by molar-refractivity contribution is 0.128. The number of hydrogen-bond donors (Lipinski definition) is 2. The van der Waals surface area contributed by atoms with E-state index in [0.717, 1.165) is 31.9 Å². The molecule has 0 bridgehead atoms. The van der Waals surface area contributed by atoms with Crippen molar-refractivity contribution in [3.05, 3.63) is 70.6 Å². The second-order valence-electron chi connectivity index (χ2n) is 10.6. The highest BCUT2D eigenvalue weighted by atomic mass is 35.5. The molecule has 0 atom stereocenters. The summed E-state index contributed by atoms with van der Waals surface area (Å²) in [6.45, 7) is 10.2. The van der Waals surface area contributed by atoms with Crippen LogP contribution < -0.4 is 16.3 Å². The summed E-state index contributed by atoms with van der Waals surface area (Å²) < 4.78 is 2.96. The number of hydrogen-bond acceptors (Lipinski definition) is 7. The molecule has 1 aromatic carbocycles. The molecule has 3 N–H and O–H groups in total. The third-order valence-electron chi connectivity index (χ3n) is 7.13. The zero-order valence-corrected chi connectivity index (χ0v) is 22.8. The molecule has 1 fully saturated rings. The number of imidazole rings is 1. The second-order valence-corrected chi connectivity index (χ2v) is 11.0. The number of pyridine rings is 2. The summed E-state index contributed by atoms with van der Waals surface area (Å²) in [6, 6.07) is 8.99. The van der Waals surface area contributed by atoms with Crippen molar-refractivity contribution < 1.29 is 5.11 Å². The second kappa shape index (κ2) is 9.81. The van der Waals surface area contributed by atoms with Crippen molar-refractivity contribution in [1.82, 2.24) is 24.0 Å². The molecule has 0 unspecified atom stereocenters. The largest absolute Gasteiger partial charge is 0.505 e. The SMILES string of the molecule is Cn1ccn(-c2ccc(-c3ccnc(-c4cnc(N)c(N5CCN(C(C)(C)C)CC5)c4)c3O)cc2Cl)c1=O. The molecule has 4 heterocycles. The van der Waals surface area contributed by atoms with Gasteiger partial charge >= 0.3 is 5.69 Å². The predicted molar refractivity (Wildman–Crippen MR) is 152 cm³/mol. The summed E-state index contributed by atoms with van der Waals surface area (Å²) in [7, 11) is 1.68. The van der Waals surface area contributed by atoms with Gasteiger partial charge in [-0.15, -0.1) is 0 Å². The van der Waals surface area contributed by atoms with Crippen LogP contribution in [0.4, 0.5) is 11.5 Å². The number of nitrogen functional groups attached to an aromatic ring is 1. The van der Waals surface area contributed by atoms with E-state index in [4.69, 9.17) is 17.3 Å². The fourth-order valence-electron chi connectivity index (χ4n) is 4.88. The van der Waals surface area contributed by atoms with Gasteiger partial charge in [-0.2, -0.15) is 0 Å². The van der Waals surface area contributed by atoms with Crippen LogP contribution in [-0.4, -0.2) is 60.8 Å². The first-order chi connectivity index (χ1) is 18.0. The van der Waals surface area contributed by atoms with Crippen LogP contribution in [0, 0.1) is 0 Å². The number of aromatic hydroxyl groups is 1. The molecule has 1 saturated heterocycles. The van der Waals surface area contributed by atoms with Crippen LogP contribution in [-0.2, 0) is 7.05 Å². The van der Waals surface area contributed by atoms with Crippen molar-refractivity contribution in [3.63, 3.8) is 0 Å². The van der Waals surface area contributed by atoms with E-state index in [0.29, 0.717) is 38.9 Å². The average Bonchev–Trinajstić information content (AvgIpc) is 3.22. The molecular weight excluding hydrogens is 502 g/mol. The van der Waals surface area contributed by atoms with E-state index in [-0.39, 0.29) is 17.0 Å². The quantitative estimate of drug-likeness (QED) is 0.405. The Kier molecular flexibility index (Phi) is 6.66. The van der Waals surface area contributed by atoms with Crippen molar-refractivity contribution in [2.75, 3.05) is 36.8 Å². The third-order valence-corrected chi connectivity index (χ3v) is 7.43. The summed E-state index contributed by atoms with van der Waals surface area (Å²) in [4.78, 5) is 25.9. The number of anilines is 2. The number of halogens is 1. The van der Waals surface area contributed by atoms with E-state index in [1.807, 2.05) is 12.1 Å². The minimum Gasteiger partial charge on any atom is -0.505 e. The van der Waals surface area contributed by atoms with Gasteiger partial charge in [0.2, 0.25) is 0 Å². The van der Waals surface area contributed by atoms with Crippen LogP contribution in [0.5, 0.6) is 5.75 Å². The highest BCUT2D eigenvalue weighted by Gasteiger charge is 2.27. The first-order valence-corrected chi connectivity index (χ1v) is 12.9. The summed E-state index contributed by atoms with van der Waals surface area (Å²) >= 11 is 6.57. The van der Waals surface area contributed by atoms with Gasteiger partial charge in [-0.25, -0.2) is 9.78 Å². The van der Waals surface area contributed by atoms with Gasteiger partial charge in [-0.3, -0.25) is 14.5 Å². The van der Waals surface area contributed by atoms with Gasteiger partial charge in [0, 0.05) is 74.7 Å². The van der Waals surface area contributed by atoms with Crippen molar-refractivity contribution in [2.24, 2.45) is 7.05 Å². The minimum atomic E-state index is -0.194. The highest BCUT2D eigenvalue weighted by Crippen LogP contribution is 2.39. The number of aromatic nitrogens is 4. The van der Waals surface area contributed by atoms with Crippen LogP contribution in [0.15, 0.2) is 59.9 Å². The van der Waals surface area contributed by atoms with Crippen molar-refractivity contribution >= 4 is 23.1 Å². The van der Waals surface area contributed by atoms with E-state index in [1.165, 1.54) is 9.13 Å². The number of piperazine rings is 1. The van der Waals surface area contributed by atoms with Crippen LogP contribution in [0.25, 0.3) is 28.1 Å². The Labute approximate surface area is 226 Å². The molecule has 0 amide bonds. The Balaban J connectivity index is 1.46. The van der Waals surface area contributed by atoms with E-state index in [2.05, 4.69) is 40.5 Å². The first kappa shape index (κ1) is 25.8. The fourth-order valence-corrected chi connectivity index (χ4v) is 5.15. The molecular formula is C28H32ClN7O2. The van der Waals surface area contributed by atoms with Gasteiger partial charge in [0.05, 0.1) is 16.4 Å². The van der Waals surface area contributed by atoms with Crippen LogP contribution in [0.2, 0.25) is 5.02 Å². The van der Waals surface area contributed by atoms with E-state index < -0.39 is 0 Å². The van der Waals surface area contributed by atoms with E-state index >= 15 is 0 Å². The molecule has 3 aromatic heterocycles. The van der Waals surface area contributed by atoms with Crippen molar-refractivity contribution in [1.29, 1.82) is 0 Å². The Bertz CT molecular complexity index is 1550. The number of aryl methyl sites for hydroxylation is 1. The smallest absolute Gasteiger partial charge is 0.332 e. The first-order valence-electron chi connectivity index (χ1n) is 12.5. The van der Waals surface area contributed by atoms with Gasteiger partial charge in [0.15, 0.2) is 0 Å². The zero-order chi connectivity index (χ0) is 27.2. The molecule has 1 aliphatic rings. The summed E-state index contributed by atoms with van der Waals surface area (Å²) in [5.41, 5.74) is 9.95. The molecule has 198 valence electrons. The molecule has 0 radical (unpaired) electrons. The van der Waals surface area contributed by atoms with Crippen LogP contribution in [0.1, 0.15) is 20.8 Å². The van der Waals surface area contributed by atoms with Crippen LogP contribution in [0.3, 0.4) is 0 Å². The number of nitrogens with two attached hydrogens (primary N) is 1. The zero-order valence-electron chi connectivity index (χ0n) is 22.0. The standard InChI is InChI=1S/C28H32ClN7O2/c1-28(2,3)35-12-10-34(11-13-35)23-16-19(17-32-26(23)30)24-25(37)20(7-8-31-24)18-5-6-22(21(29)15-18)36-14-9-33(4)27(36)38/h5-9,14-17,37H,10-13H2,1-4H3,(H2,30,32). The van der Waals surface area contributed by atoms with E-state index in [1.54, 1.807) is 50.0 Å². The average molecular weight is 534 g/mol. The fraction of sp³-hybridized carbons (Fsp3) is 0.321. The number of nitrogens with zero attached hydrogens (tertiary/aromatic N) is 6. The highest BCUT2D eigenvalue weighted by molar-refractivity contribution is 6.32. The lowest BCUT2D eigenvalue weighted by Gasteiger charge is -2.43. The molecule has 0 spiro atoms. The van der Waals surface area contributed by atoms with Gasteiger partial charge in [-0.05, 0) is 50.6 Å². The molecule has 4 aromatic rings. The normalized spacial score (nSPS) is 14.7. The molecule has 0 saturated carbocycles. The monoisotopic (exact) mass is 533 g/mol. The van der Waals surface area contributed by atoms with Gasteiger partial charge in [-0.1, -0.05) is 17.7 Å². The van der Waals surface area contributed by atoms with Gasteiger partial charge in [0.25, 0.3) is 0 Å². The number of benzene rings is 1. The Morgan fingerprint density at radius 1 is 0.974 bits per heavy atom. The Hall–Kier alpha value is -3.82. The van der Waals surface area contributed by atoms with Gasteiger partial charge in [0.1, 0.15) is 17.3 Å². The lowest BCUT2D eigenvalue weighted by Crippen LogP contribution is -2.53. The predicted octanol–water partition coefficient (Wildman–Crippen LogP) is 4.16. The topological polar surface area (TPSA) is 105 Å². The summed E-state index contributed by atoms with van der Waals surface area (Å²) in [6.07, 6.45) is 6.62. The molecule has 38 heavy (non-hydrogen) atoms. The minimum absolute atomic E-state index is 0.0169. The van der Waals surface area contributed by atoms with Crippen molar-refractivity contribution in [2.45, 2.75) is 26.3 Å². The molecule has 10 heteroatoms. The van der Waals surface area contributed by atoms with Crippen molar-refractivity contribution in [3.8, 4) is 33.8 Å². The maximum atomic E-state index is 12.4. The molecule has 1 aliphatic heterocycles. The maximum Gasteiger partial charge on any atom is 0.332 e. The Morgan fingerprint density at radius 3 is 2.34 bits per heavy atom. The Morgan fingerprint density at radius 2 is 1.71 bits per heavy atom.